The zero-order valence-corrected chi connectivity index (χ0v) is 13.8. The van der Waals surface area contributed by atoms with Gasteiger partial charge >= 0.3 is 5.97 Å². The molecule has 5 nitrogen and oxygen atoms in total. The number of nitrogens with zero attached hydrogens (tertiary/aromatic N) is 1. The Morgan fingerprint density at radius 2 is 2.04 bits per heavy atom. The summed E-state index contributed by atoms with van der Waals surface area (Å²) < 4.78 is 0. The molecule has 0 aliphatic rings. The van der Waals surface area contributed by atoms with Crippen LogP contribution in [0, 0.1) is 0 Å². The number of carbonyl (C=O) groups is 1. The second-order valence-electron chi connectivity index (χ2n) is 6.07. The highest BCUT2D eigenvalue weighted by molar-refractivity contribution is 5.93. The number of hydrogen-bond acceptors (Lipinski definition) is 3. The van der Waals surface area contributed by atoms with Crippen molar-refractivity contribution in [1.82, 2.24) is 9.97 Å². The highest BCUT2D eigenvalue weighted by Crippen LogP contribution is 2.24. The second-order valence-corrected chi connectivity index (χ2v) is 6.07. The lowest BCUT2D eigenvalue weighted by Gasteiger charge is -2.15. The molecule has 1 unspecified atom stereocenters. The fourth-order valence-electron chi connectivity index (χ4n) is 2.93. The third kappa shape index (κ3) is 3.97. The molecule has 124 valence electrons. The van der Waals surface area contributed by atoms with Gasteiger partial charge in [0.1, 0.15) is 5.56 Å². The summed E-state index contributed by atoms with van der Waals surface area (Å²) in [5.74, 6) is -1.17. The first kappa shape index (κ1) is 17.2. The van der Waals surface area contributed by atoms with Crippen molar-refractivity contribution in [2.24, 2.45) is 0 Å². The van der Waals surface area contributed by atoms with E-state index < -0.39 is 11.4 Å². The van der Waals surface area contributed by atoms with Crippen LogP contribution in [0.1, 0.15) is 74.3 Å². The minimum atomic E-state index is -1.18. The van der Waals surface area contributed by atoms with Gasteiger partial charge in [0.15, 0.2) is 0 Å². The molecule has 1 atom stereocenters. The Kier molecular flexibility index (Phi) is 5.90. The van der Waals surface area contributed by atoms with E-state index in [0.717, 1.165) is 19.3 Å². The predicted molar refractivity (Wildman–Crippen MR) is 91.1 cm³/mol. The van der Waals surface area contributed by atoms with Gasteiger partial charge in [0, 0.05) is 18.1 Å². The number of pyridine rings is 2. The summed E-state index contributed by atoms with van der Waals surface area (Å²) >= 11 is 0. The van der Waals surface area contributed by atoms with E-state index in [-0.39, 0.29) is 11.5 Å². The fourth-order valence-corrected chi connectivity index (χ4v) is 2.93. The normalized spacial score (nSPS) is 12.4. The molecule has 0 aliphatic heterocycles. The summed E-state index contributed by atoms with van der Waals surface area (Å²) in [5, 5.41) is 9.78. The van der Waals surface area contributed by atoms with Gasteiger partial charge in [-0.2, -0.15) is 0 Å². The number of unbranched alkanes of at least 4 members (excludes halogenated alkanes) is 4. The topological polar surface area (TPSA) is 83.0 Å². The molecular formula is C18H24N2O3. The molecule has 5 heteroatoms. The van der Waals surface area contributed by atoms with Gasteiger partial charge in [-0.1, -0.05) is 46.0 Å². The van der Waals surface area contributed by atoms with Gasteiger partial charge in [-0.15, -0.1) is 0 Å². The van der Waals surface area contributed by atoms with Gasteiger partial charge in [-0.25, -0.2) is 4.79 Å². The van der Waals surface area contributed by atoms with Crippen LogP contribution in [0.25, 0.3) is 10.9 Å². The van der Waals surface area contributed by atoms with Gasteiger partial charge in [-0.05, 0) is 18.4 Å². The molecule has 0 amide bonds. The first-order chi connectivity index (χ1) is 11.1. The van der Waals surface area contributed by atoms with E-state index in [1.807, 2.05) is 6.92 Å². The number of fused-ring (bicyclic) bond motifs is 1. The van der Waals surface area contributed by atoms with Crippen molar-refractivity contribution < 1.29 is 9.90 Å². The molecule has 0 aliphatic carbocycles. The van der Waals surface area contributed by atoms with Crippen LogP contribution >= 0.6 is 0 Å². The minimum Gasteiger partial charge on any atom is -0.477 e. The Labute approximate surface area is 135 Å². The smallest absolute Gasteiger partial charge is 0.341 e. The lowest BCUT2D eigenvalue weighted by atomic mass is 9.94. The first-order valence-corrected chi connectivity index (χ1v) is 8.29. The molecule has 0 aromatic carbocycles. The van der Waals surface area contributed by atoms with Crippen molar-refractivity contribution in [3.63, 3.8) is 0 Å². The van der Waals surface area contributed by atoms with Crippen molar-refractivity contribution in [2.75, 3.05) is 0 Å². The van der Waals surface area contributed by atoms with Gasteiger partial charge < -0.3 is 10.1 Å². The minimum absolute atomic E-state index is 0.00740. The monoisotopic (exact) mass is 316 g/mol. The quantitative estimate of drug-likeness (QED) is 0.719. The van der Waals surface area contributed by atoms with Crippen molar-refractivity contribution in [3.8, 4) is 0 Å². The van der Waals surface area contributed by atoms with Crippen LogP contribution in [-0.2, 0) is 0 Å². The van der Waals surface area contributed by atoms with Gasteiger partial charge in [-0.3, -0.25) is 9.78 Å². The number of carboxylic acid groups (broad SMARTS) is 1. The van der Waals surface area contributed by atoms with Crippen LogP contribution in [-0.4, -0.2) is 21.0 Å². The molecule has 2 aromatic rings. The van der Waals surface area contributed by atoms with Crippen LogP contribution in [0.2, 0.25) is 0 Å². The summed E-state index contributed by atoms with van der Waals surface area (Å²) in [6.07, 6.45) is 9.70. The SMILES string of the molecule is CCCCCCCC(C)c1[nH]c2ccncc2c(=O)c1C(=O)O. The summed E-state index contributed by atoms with van der Waals surface area (Å²) in [7, 11) is 0. The highest BCUT2D eigenvalue weighted by Gasteiger charge is 2.21. The number of aromatic amines is 1. The Bertz CT molecular complexity index is 737. The summed E-state index contributed by atoms with van der Waals surface area (Å²) in [6, 6.07) is 1.71. The summed E-state index contributed by atoms with van der Waals surface area (Å²) in [4.78, 5) is 31.1. The van der Waals surface area contributed by atoms with E-state index in [2.05, 4.69) is 16.9 Å². The third-order valence-corrected chi connectivity index (χ3v) is 4.28. The van der Waals surface area contributed by atoms with Crippen molar-refractivity contribution in [3.05, 3.63) is 39.9 Å². The van der Waals surface area contributed by atoms with Crippen LogP contribution in [0.15, 0.2) is 23.3 Å². The molecule has 0 fully saturated rings. The highest BCUT2D eigenvalue weighted by atomic mass is 16.4. The number of rotatable bonds is 8. The maximum absolute atomic E-state index is 12.5. The molecule has 0 saturated carbocycles. The molecule has 2 rings (SSSR count). The number of hydrogen-bond donors (Lipinski definition) is 2. The molecule has 2 N–H and O–H groups in total. The van der Waals surface area contributed by atoms with E-state index in [4.69, 9.17) is 0 Å². The Hall–Kier alpha value is -2.17. The van der Waals surface area contributed by atoms with Gasteiger partial charge in [0.25, 0.3) is 0 Å². The maximum Gasteiger partial charge on any atom is 0.341 e. The van der Waals surface area contributed by atoms with E-state index in [1.54, 1.807) is 12.3 Å². The van der Waals surface area contributed by atoms with Crippen LogP contribution in [0.4, 0.5) is 0 Å². The average Bonchev–Trinajstić information content (AvgIpc) is 2.54. The van der Waals surface area contributed by atoms with E-state index >= 15 is 0 Å². The number of nitrogens with one attached hydrogen (secondary N) is 1. The van der Waals surface area contributed by atoms with Gasteiger partial charge in [0.05, 0.1) is 10.9 Å². The first-order valence-electron chi connectivity index (χ1n) is 8.29. The van der Waals surface area contributed by atoms with E-state index in [0.29, 0.717) is 16.6 Å². The molecule has 23 heavy (non-hydrogen) atoms. The van der Waals surface area contributed by atoms with Gasteiger partial charge in [0.2, 0.25) is 5.43 Å². The Morgan fingerprint density at radius 3 is 2.74 bits per heavy atom. The molecule has 2 aromatic heterocycles. The zero-order chi connectivity index (χ0) is 16.8. The van der Waals surface area contributed by atoms with Crippen LogP contribution < -0.4 is 5.43 Å². The lowest BCUT2D eigenvalue weighted by molar-refractivity contribution is 0.0693. The zero-order valence-electron chi connectivity index (χ0n) is 13.8. The number of aromatic nitrogens is 2. The molecular weight excluding hydrogens is 292 g/mol. The molecule has 0 radical (unpaired) electrons. The molecule has 0 spiro atoms. The van der Waals surface area contributed by atoms with Crippen molar-refractivity contribution in [1.29, 1.82) is 0 Å². The predicted octanol–water partition coefficient (Wildman–Crippen LogP) is 4.09. The third-order valence-electron chi connectivity index (χ3n) is 4.28. The van der Waals surface area contributed by atoms with Crippen LogP contribution in [0.5, 0.6) is 0 Å². The maximum atomic E-state index is 12.5. The van der Waals surface area contributed by atoms with E-state index in [9.17, 15) is 14.7 Å². The largest absolute Gasteiger partial charge is 0.477 e. The van der Waals surface area contributed by atoms with E-state index in [1.165, 1.54) is 25.5 Å². The second kappa shape index (κ2) is 7.90. The van der Waals surface area contributed by atoms with Crippen LogP contribution in [0.3, 0.4) is 0 Å². The number of aromatic carboxylic acids is 1. The van der Waals surface area contributed by atoms with Crippen molar-refractivity contribution >= 4 is 16.9 Å². The standard InChI is InChI=1S/C18H24N2O3/c1-3-4-5-6-7-8-12(2)16-15(18(22)23)17(21)13-11-19-10-9-14(13)20-16/h9-12H,3-8H2,1-2H3,(H,20,21)(H,22,23). The Balaban J connectivity index is 2.29. The van der Waals surface area contributed by atoms with Crippen molar-refractivity contribution in [2.45, 2.75) is 58.3 Å². The summed E-state index contributed by atoms with van der Waals surface area (Å²) in [5.41, 5.74) is 0.568. The number of H-pyrrole nitrogens is 1. The molecule has 0 bridgehead atoms. The Morgan fingerprint density at radius 1 is 1.30 bits per heavy atom. The average molecular weight is 316 g/mol. The summed E-state index contributed by atoms with van der Waals surface area (Å²) in [6.45, 7) is 4.15. The fraction of sp³-hybridized carbons (Fsp3) is 0.500. The molecule has 2 heterocycles. The number of carboxylic acids is 1. The molecule has 0 saturated heterocycles. The lowest BCUT2D eigenvalue weighted by Crippen LogP contribution is -2.21.